The average molecular weight is 335 g/mol. The molecule has 24 heavy (non-hydrogen) atoms. The fraction of sp³-hybridized carbons (Fsp3) is 0.824. The Hall–Kier alpha value is -1.67. The predicted molar refractivity (Wildman–Crippen MR) is 90.8 cm³/mol. The molecule has 1 amide bonds. The molecule has 1 rings (SSSR count). The van der Waals surface area contributed by atoms with Crippen molar-refractivity contribution >= 4 is 5.91 Å². The van der Waals surface area contributed by atoms with E-state index < -0.39 is 0 Å². The number of piperazine rings is 1. The van der Waals surface area contributed by atoms with Crippen molar-refractivity contribution in [3.05, 3.63) is 0 Å². The van der Waals surface area contributed by atoms with E-state index in [9.17, 15) is 9.90 Å². The molecule has 1 saturated heterocycles. The van der Waals surface area contributed by atoms with Crippen LogP contribution in [-0.2, 0) is 4.79 Å². The number of hydrogen-bond donors (Lipinski definition) is 1. The van der Waals surface area contributed by atoms with Crippen LogP contribution in [0.25, 0.3) is 0 Å². The summed E-state index contributed by atoms with van der Waals surface area (Å²) in [4.78, 5) is 17.8. The number of nitriles is 2. The summed E-state index contributed by atoms with van der Waals surface area (Å²) in [5.74, 6) is -0.149. The van der Waals surface area contributed by atoms with E-state index in [-0.39, 0.29) is 30.5 Å². The Morgan fingerprint density at radius 3 is 2.08 bits per heavy atom. The highest BCUT2D eigenvalue weighted by atomic mass is 16.3. The topological polar surface area (TPSA) is 94.6 Å². The largest absolute Gasteiger partial charge is 0.391 e. The number of amides is 1. The standard InChI is InChI=1S/C17H29N5O2/c1-17(2,3)15(23)14-21-12-10-20(11-13-21)7-4-16(24)22(8-5-18)9-6-19/h15,23H,4,7-14H2,1-3H3/t15-/m1/s1. The number of rotatable bonds is 7. The highest BCUT2D eigenvalue weighted by Gasteiger charge is 2.26. The second-order valence-electron chi connectivity index (χ2n) is 7.34. The van der Waals surface area contributed by atoms with Crippen molar-refractivity contribution in [2.24, 2.45) is 5.41 Å². The van der Waals surface area contributed by atoms with E-state index in [0.717, 1.165) is 26.2 Å². The number of hydrogen-bond acceptors (Lipinski definition) is 6. The van der Waals surface area contributed by atoms with E-state index in [0.29, 0.717) is 19.5 Å². The summed E-state index contributed by atoms with van der Waals surface area (Å²) in [6.07, 6.45) is -0.0234. The molecule has 1 fully saturated rings. The lowest BCUT2D eigenvalue weighted by Crippen LogP contribution is -2.50. The zero-order chi connectivity index (χ0) is 18.2. The summed E-state index contributed by atoms with van der Waals surface area (Å²) < 4.78 is 0. The molecule has 1 aliphatic heterocycles. The highest BCUT2D eigenvalue weighted by Crippen LogP contribution is 2.20. The fourth-order valence-electron chi connectivity index (χ4n) is 2.53. The smallest absolute Gasteiger partial charge is 0.225 e. The molecule has 0 spiro atoms. The lowest BCUT2D eigenvalue weighted by molar-refractivity contribution is -0.130. The van der Waals surface area contributed by atoms with Gasteiger partial charge in [0.2, 0.25) is 5.91 Å². The third kappa shape index (κ3) is 6.84. The molecule has 1 N–H and O–H groups in total. The van der Waals surface area contributed by atoms with Gasteiger partial charge in [-0.2, -0.15) is 10.5 Å². The Morgan fingerprint density at radius 1 is 1.12 bits per heavy atom. The summed E-state index contributed by atoms with van der Waals surface area (Å²) in [6.45, 7) is 10.8. The zero-order valence-electron chi connectivity index (χ0n) is 15.0. The second kappa shape index (κ2) is 9.58. The molecule has 0 aromatic carbocycles. The van der Waals surface area contributed by atoms with Crippen molar-refractivity contribution in [3.8, 4) is 12.1 Å². The molecule has 0 aliphatic carbocycles. The van der Waals surface area contributed by atoms with Crippen molar-refractivity contribution < 1.29 is 9.90 Å². The number of carbonyl (C=O) groups is 1. The molecule has 1 atom stereocenters. The lowest BCUT2D eigenvalue weighted by Gasteiger charge is -2.38. The quantitative estimate of drug-likeness (QED) is 0.672. The molecule has 0 saturated carbocycles. The molecule has 0 bridgehead atoms. The number of aliphatic hydroxyl groups is 1. The predicted octanol–water partition coefficient (Wildman–Crippen LogP) is 0.277. The van der Waals surface area contributed by atoms with Crippen LogP contribution < -0.4 is 0 Å². The van der Waals surface area contributed by atoms with Gasteiger partial charge in [0.25, 0.3) is 0 Å². The zero-order valence-corrected chi connectivity index (χ0v) is 15.0. The van der Waals surface area contributed by atoms with Gasteiger partial charge in [-0.1, -0.05) is 20.8 Å². The van der Waals surface area contributed by atoms with Gasteiger partial charge in [-0.3, -0.25) is 9.69 Å². The minimum atomic E-state index is -0.351. The highest BCUT2D eigenvalue weighted by molar-refractivity contribution is 5.76. The maximum atomic E-state index is 12.0. The van der Waals surface area contributed by atoms with Crippen molar-refractivity contribution in [1.82, 2.24) is 14.7 Å². The second-order valence-corrected chi connectivity index (χ2v) is 7.34. The van der Waals surface area contributed by atoms with Gasteiger partial charge in [0, 0.05) is 45.7 Å². The number of carbonyl (C=O) groups excluding carboxylic acids is 1. The van der Waals surface area contributed by atoms with Gasteiger partial charge in [-0.15, -0.1) is 0 Å². The van der Waals surface area contributed by atoms with E-state index in [1.807, 2.05) is 32.9 Å². The first-order valence-corrected chi connectivity index (χ1v) is 8.42. The van der Waals surface area contributed by atoms with Gasteiger partial charge < -0.3 is 14.9 Å². The van der Waals surface area contributed by atoms with Crippen LogP contribution in [-0.4, -0.2) is 84.2 Å². The Labute approximate surface area is 145 Å². The van der Waals surface area contributed by atoms with E-state index in [1.165, 1.54) is 4.90 Å². The van der Waals surface area contributed by atoms with E-state index in [1.54, 1.807) is 0 Å². The first-order valence-electron chi connectivity index (χ1n) is 8.42. The van der Waals surface area contributed by atoms with Crippen LogP contribution in [0.1, 0.15) is 27.2 Å². The van der Waals surface area contributed by atoms with Crippen molar-refractivity contribution in [2.45, 2.75) is 33.3 Å². The summed E-state index contributed by atoms with van der Waals surface area (Å²) in [6, 6.07) is 3.84. The van der Waals surface area contributed by atoms with Gasteiger partial charge in [0.1, 0.15) is 13.1 Å². The number of nitrogens with zero attached hydrogens (tertiary/aromatic N) is 5. The van der Waals surface area contributed by atoms with Crippen LogP contribution in [0.4, 0.5) is 0 Å². The SMILES string of the molecule is CC(C)(C)[C@H](O)CN1CCN(CCC(=O)N(CC#N)CC#N)CC1. The van der Waals surface area contributed by atoms with Crippen LogP contribution in [0.2, 0.25) is 0 Å². The Bertz CT molecular complexity index is 465. The summed E-state index contributed by atoms with van der Waals surface area (Å²) in [5, 5.41) is 27.6. The maximum Gasteiger partial charge on any atom is 0.225 e. The van der Waals surface area contributed by atoms with Crippen molar-refractivity contribution in [1.29, 1.82) is 10.5 Å². The Morgan fingerprint density at radius 2 is 1.62 bits per heavy atom. The lowest BCUT2D eigenvalue weighted by atomic mass is 9.89. The Balaban J connectivity index is 2.32. The number of aliphatic hydroxyl groups excluding tert-OH is 1. The minimum absolute atomic E-state index is 0.0368. The van der Waals surface area contributed by atoms with Crippen LogP contribution in [0.3, 0.4) is 0 Å². The van der Waals surface area contributed by atoms with Crippen LogP contribution in [0.5, 0.6) is 0 Å². The van der Waals surface area contributed by atoms with E-state index in [2.05, 4.69) is 9.80 Å². The molecule has 0 aromatic rings. The maximum absolute atomic E-state index is 12.0. The van der Waals surface area contributed by atoms with Gasteiger partial charge in [0.15, 0.2) is 0 Å². The van der Waals surface area contributed by atoms with Gasteiger partial charge in [-0.05, 0) is 5.41 Å². The molecular formula is C17H29N5O2. The molecule has 134 valence electrons. The van der Waals surface area contributed by atoms with Crippen LogP contribution in [0.15, 0.2) is 0 Å². The minimum Gasteiger partial charge on any atom is -0.391 e. The van der Waals surface area contributed by atoms with E-state index in [4.69, 9.17) is 10.5 Å². The summed E-state index contributed by atoms with van der Waals surface area (Å²) in [7, 11) is 0. The first kappa shape index (κ1) is 20.4. The molecule has 1 aliphatic rings. The van der Waals surface area contributed by atoms with Gasteiger partial charge in [-0.25, -0.2) is 0 Å². The van der Waals surface area contributed by atoms with Crippen molar-refractivity contribution in [3.63, 3.8) is 0 Å². The molecular weight excluding hydrogens is 306 g/mol. The van der Waals surface area contributed by atoms with Crippen molar-refractivity contribution in [2.75, 3.05) is 52.4 Å². The fourth-order valence-corrected chi connectivity index (χ4v) is 2.53. The molecule has 0 unspecified atom stereocenters. The summed E-state index contributed by atoms with van der Waals surface area (Å²) >= 11 is 0. The Kier molecular flexibility index (Phi) is 8.14. The first-order chi connectivity index (χ1) is 11.3. The van der Waals surface area contributed by atoms with Crippen LogP contribution in [0, 0.1) is 28.1 Å². The third-order valence-electron chi connectivity index (χ3n) is 4.41. The average Bonchev–Trinajstić information content (AvgIpc) is 2.52. The normalized spacial score (nSPS) is 17.8. The molecule has 7 heteroatoms. The molecule has 0 radical (unpaired) electrons. The van der Waals surface area contributed by atoms with Crippen LogP contribution >= 0.6 is 0 Å². The third-order valence-corrected chi connectivity index (χ3v) is 4.41. The van der Waals surface area contributed by atoms with E-state index >= 15 is 0 Å². The molecule has 7 nitrogen and oxygen atoms in total. The van der Waals surface area contributed by atoms with Gasteiger partial charge >= 0.3 is 0 Å². The molecule has 0 aromatic heterocycles. The summed E-state index contributed by atoms with van der Waals surface area (Å²) in [5.41, 5.74) is -0.117. The number of β-amino-alcohol motifs (C(OH)–C–C–N with tert-alkyl or cyclic N) is 1. The van der Waals surface area contributed by atoms with Gasteiger partial charge in [0.05, 0.1) is 18.2 Å². The monoisotopic (exact) mass is 335 g/mol. The molecule has 1 heterocycles.